The summed E-state index contributed by atoms with van der Waals surface area (Å²) in [5.74, 6) is -6.43. The number of halogens is 4. The number of nitrogens with zero attached hydrogens (tertiary/aromatic N) is 2. The summed E-state index contributed by atoms with van der Waals surface area (Å²) in [4.78, 5) is 14.9. The minimum absolute atomic E-state index is 0.0340. The molecular formula is C19H24F4N6O2. The Bertz CT molecular complexity index is 917. The molecule has 8 nitrogen and oxygen atoms in total. The van der Waals surface area contributed by atoms with Crippen molar-refractivity contribution >= 4 is 5.96 Å². The van der Waals surface area contributed by atoms with E-state index in [1.807, 2.05) is 0 Å². The van der Waals surface area contributed by atoms with E-state index in [0.717, 1.165) is 31.9 Å². The highest BCUT2D eigenvalue weighted by atomic mass is 19.2. The zero-order chi connectivity index (χ0) is 22.8. The number of nitrogens with one attached hydrogen (secondary N) is 2. The topological polar surface area (TPSA) is 132 Å². The van der Waals surface area contributed by atoms with Gasteiger partial charge >= 0.3 is 5.70 Å². The molecule has 1 aromatic rings. The fraction of sp³-hybridized carbons (Fsp3) is 0.526. The van der Waals surface area contributed by atoms with Crippen LogP contribution in [0.5, 0.6) is 0 Å². The Hall–Kier alpha value is -2.73. The molecule has 6 N–H and O–H groups in total. The second-order valence-corrected chi connectivity index (χ2v) is 7.98. The number of aliphatic imine (C=N–C) groups is 1. The van der Waals surface area contributed by atoms with Crippen LogP contribution in [-0.4, -0.2) is 23.1 Å². The average molecular weight is 444 g/mol. The van der Waals surface area contributed by atoms with Crippen LogP contribution in [0.15, 0.2) is 23.0 Å². The van der Waals surface area contributed by atoms with Gasteiger partial charge in [-0.1, -0.05) is 0 Å². The third-order valence-corrected chi connectivity index (χ3v) is 5.84. The van der Waals surface area contributed by atoms with Crippen LogP contribution in [-0.2, 0) is 6.54 Å². The molecule has 1 atom stereocenters. The smallest absolute Gasteiger partial charge is 0.301 e. The first kappa shape index (κ1) is 22.9. The molecule has 1 unspecified atom stereocenters. The van der Waals surface area contributed by atoms with Gasteiger partial charge in [0.15, 0.2) is 34.9 Å². The summed E-state index contributed by atoms with van der Waals surface area (Å²) in [6.45, 7) is 0.0509. The highest BCUT2D eigenvalue weighted by Crippen LogP contribution is 2.34. The van der Waals surface area contributed by atoms with Gasteiger partial charge < -0.3 is 16.4 Å². The molecule has 1 saturated carbocycles. The molecule has 0 radical (unpaired) electrons. The Balaban J connectivity index is 1.78. The van der Waals surface area contributed by atoms with Gasteiger partial charge in [0.1, 0.15) is 0 Å². The van der Waals surface area contributed by atoms with Crippen LogP contribution in [0, 0.1) is 45.2 Å². The lowest BCUT2D eigenvalue weighted by Gasteiger charge is -2.37. The summed E-state index contributed by atoms with van der Waals surface area (Å²) in [6, 6.07) is 0.504. The summed E-state index contributed by atoms with van der Waals surface area (Å²) in [5.41, 5.74) is 9.69. The van der Waals surface area contributed by atoms with Gasteiger partial charge in [-0.05, 0) is 56.6 Å². The number of guanidine groups is 1. The molecule has 0 aromatic heterocycles. The molecule has 170 valence electrons. The van der Waals surface area contributed by atoms with Crippen LogP contribution < -0.4 is 22.1 Å². The number of rotatable bonds is 6. The highest BCUT2D eigenvalue weighted by Gasteiger charge is 2.44. The van der Waals surface area contributed by atoms with Crippen molar-refractivity contribution in [3.8, 4) is 0 Å². The van der Waals surface area contributed by atoms with Gasteiger partial charge in [-0.15, -0.1) is 0 Å². The molecule has 2 aliphatic rings. The number of nitro groups is 1. The van der Waals surface area contributed by atoms with E-state index in [-0.39, 0.29) is 24.0 Å². The number of nitrogens with two attached hydrogens (primary N) is 2. The molecule has 0 saturated heterocycles. The molecule has 1 fully saturated rings. The maximum Gasteiger partial charge on any atom is 0.301 e. The largest absolute Gasteiger partial charge is 0.330 e. The zero-order valence-electron chi connectivity index (χ0n) is 16.6. The molecule has 1 aliphatic carbocycles. The van der Waals surface area contributed by atoms with Crippen LogP contribution in [0.4, 0.5) is 17.6 Å². The molecule has 12 heteroatoms. The van der Waals surface area contributed by atoms with Gasteiger partial charge in [-0.2, -0.15) is 0 Å². The van der Waals surface area contributed by atoms with E-state index in [2.05, 4.69) is 15.6 Å². The molecule has 0 bridgehead atoms. The standard InChI is InChI=1S/C19H24F4N6O2/c20-13-5-12(15(21)17(23)16(13)22)8-26-18-27-9-14(29(30)31)19(25,28-18)6-10-1-3-11(7-24)4-2-10/h5,9-11H,1-4,6-8,24-25H2,(H2,26,27,28). The second-order valence-electron chi connectivity index (χ2n) is 7.98. The monoisotopic (exact) mass is 444 g/mol. The summed E-state index contributed by atoms with van der Waals surface area (Å²) in [5, 5.41) is 16.8. The van der Waals surface area contributed by atoms with Crippen molar-refractivity contribution in [2.75, 3.05) is 6.54 Å². The SMILES string of the molecule is NCC1CCC(CC2(N)NC(=NCc3cc(F)c(F)c(F)c3F)NC=C2[N+](=O)[O-])CC1. The van der Waals surface area contributed by atoms with Gasteiger partial charge in [0.05, 0.1) is 17.7 Å². The highest BCUT2D eigenvalue weighted by molar-refractivity contribution is 5.83. The summed E-state index contributed by atoms with van der Waals surface area (Å²) in [7, 11) is 0. The van der Waals surface area contributed by atoms with Crippen molar-refractivity contribution in [1.29, 1.82) is 0 Å². The number of hydrogen-bond donors (Lipinski definition) is 4. The molecule has 1 aliphatic heterocycles. The first-order valence-corrected chi connectivity index (χ1v) is 9.89. The van der Waals surface area contributed by atoms with Crippen molar-refractivity contribution in [3.63, 3.8) is 0 Å². The van der Waals surface area contributed by atoms with E-state index in [1.165, 1.54) is 0 Å². The minimum atomic E-state index is -1.93. The third kappa shape index (κ3) is 4.96. The lowest BCUT2D eigenvalue weighted by molar-refractivity contribution is -0.437. The van der Waals surface area contributed by atoms with Gasteiger partial charge in [-0.3, -0.25) is 15.8 Å². The maximum absolute atomic E-state index is 13.9. The Morgan fingerprint density at radius 1 is 1.13 bits per heavy atom. The van der Waals surface area contributed by atoms with Crippen LogP contribution in [0.25, 0.3) is 0 Å². The maximum atomic E-state index is 13.9. The Morgan fingerprint density at radius 3 is 2.39 bits per heavy atom. The fourth-order valence-corrected chi connectivity index (χ4v) is 4.06. The summed E-state index contributed by atoms with van der Waals surface area (Å²) < 4.78 is 53.8. The molecule has 31 heavy (non-hydrogen) atoms. The quantitative estimate of drug-likeness (QED) is 0.175. The molecular weight excluding hydrogens is 420 g/mol. The summed E-state index contributed by atoms with van der Waals surface area (Å²) in [6.07, 6.45) is 4.82. The second kappa shape index (κ2) is 9.18. The van der Waals surface area contributed by atoms with E-state index < -0.39 is 46.0 Å². The van der Waals surface area contributed by atoms with E-state index in [0.29, 0.717) is 18.5 Å². The Kier molecular flexibility index (Phi) is 6.80. The van der Waals surface area contributed by atoms with Gasteiger partial charge in [0.2, 0.25) is 0 Å². The normalized spacial score (nSPS) is 27.4. The predicted octanol–water partition coefficient (Wildman–Crippen LogP) is 2.22. The van der Waals surface area contributed by atoms with Crippen LogP contribution >= 0.6 is 0 Å². The van der Waals surface area contributed by atoms with E-state index in [9.17, 15) is 27.7 Å². The Morgan fingerprint density at radius 2 is 1.77 bits per heavy atom. The van der Waals surface area contributed by atoms with Crippen molar-refractivity contribution in [2.24, 2.45) is 28.3 Å². The van der Waals surface area contributed by atoms with Crippen molar-refractivity contribution < 1.29 is 22.5 Å². The molecule has 1 aromatic carbocycles. The van der Waals surface area contributed by atoms with Crippen molar-refractivity contribution in [2.45, 2.75) is 44.3 Å². The molecule has 0 spiro atoms. The summed E-state index contributed by atoms with van der Waals surface area (Å²) >= 11 is 0. The molecule has 3 rings (SSSR count). The van der Waals surface area contributed by atoms with Crippen molar-refractivity contribution in [1.82, 2.24) is 10.6 Å². The first-order chi connectivity index (χ1) is 14.6. The van der Waals surface area contributed by atoms with E-state index in [1.54, 1.807) is 0 Å². The zero-order valence-corrected chi connectivity index (χ0v) is 16.6. The Labute approximate surface area is 175 Å². The first-order valence-electron chi connectivity index (χ1n) is 9.89. The van der Waals surface area contributed by atoms with Crippen LogP contribution in [0.2, 0.25) is 0 Å². The van der Waals surface area contributed by atoms with Gasteiger partial charge in [0, 0.05) is 5.56 Å². The average Bonchev–Trinajstić information content (AvgIpc) is 2.74. The lowest BCUT2D eigenvalue weighted by atomic mass is 9.77. The van der Waals surface area contributed by atoms with Crippen LogP contribution in [0.3, 0.4) is 0 Å². The number of benzene rings is 1. The molecule has 1 heterocycles. The predicted molar refractivity (Wildman–Crippen MR) is 105 cm³/mol. The molecule has 0 amide bonds. The third-order valence-electron chi connectivity index (χ3n) is 5.84. The van der Waals surface area contributed by atoms with Crippen LogP contribution in [0.1, 0.15) is 37.7 Å². The fourth-order valence-electron chi connectivity index (χ4n) is 4.06. The number of hydrogen-bond acceptors (Lipinski definition) is 5. The van der Waals surface area contributed by atoms with Crippen molar-refractivity contribution in [3.05, 3.63) is 56.9 Å². The van der Waals surface area contributed by atoms with E-state index in [4.69, 9.17) is 11.5 Å². The lowest BCUT2D eigenvalue weighted by Crippen LogP contribution is -2.64. The minimum Gasteiger partial charge on any atom is -0.330 e. The van der Waals surface area contributed by atoms with Gasteiger partial charge in [-0.25, -0.2) is 22.6 Å². The van der Waals surface area contributed by atoms with E-state index >= 15 is 0 Å². The van der Waals surface area contributed by atoms with Gasteiger partial charge in [0.25, 0.3) is 0 Å².